The van der Waals surface area contributed by atoms with Gasteiger partial charge in [0.2, 0.25) is 0 Å². The average molecular weight is 207 g/mol. The molecule has 1 aromatic rings. The molecule has 15 heavy (non-hydrogen) atoms. The van der Waals surface area contributed by atoms with Gasteiger partial charge in [0.05, 0.1) is 11.3 Å². The van der Waals surface area contributed by atoms with E-state index in [0.717, 1.165) is 12.8 Å². The van der Waals surface area contributed by atoms with Crippen molar-refractivity contribution in [1.82, 2.24) is 4.98 Å². The molecule has 2 rings (SSSR count). The van der Waals surface area contributed by atoms with Gasteiger partial charge in [-0.1, -0.05) is 0 Å². The molecule has 0 radical (unpaired) electrons. The zero-order chi connectivity index (χ0) is 11.0. The van der Waals surface area contributed by atoms with Crippen LogP contribution in [-0.4, -0.2) is 29.1 Å². The maximum absolute atomic E-state index is 10.9. The molecule has 0 aliphatic heterocycles. The van der Waals surface area contributed by atoms with Gasteiger partial charge in [0, 0.05) is 19.3 Å². The SMILES string of the molecule is CN(c1nccc(C(=O)O)c1N)C1CC1. The molecule has 0 saturated heterocycles. The normalized spacial score (nSPS) is 15.0. The third kappa shape index (κ3) is 1.72. The second kappa shape index (κ2) is 3.42. The van der Waals surface area contributed by atoms with Crippen LogP contribution >= 0.6 is 0 Å². The minimum absolute atomic E-state index is 0.118. The Balaban J connectivity index is 2.38. The molecule has 1 aromatic heterocycles. The molecule has 5 heteroatoms. The summed E-state index contributed by atoms with van der Waals surface area (Å²) in [6, 6.07) is 1.88. The second-order valence-electron chi connectivity index (χ2n) is 3.74. The van der Waals surface area contributed by atoms with Crippen molar-refractivity contribution in [3.63, 3.8) is 0 Å². The number of pyridine rings is 1. The van der Waals surface area contributed by atoms with Crippen molar-refractivity contribution < 1.29 is 9.90 Å². The fourth-order valence-corrected chi connectivity index (χ4v) is 1.56. The van der Waals surface area contributed by atoms with Crippen LogP contribution < -0.4 is 10.6 Å². The Bertz CT molecular complexity index is 402. The summed E-state index contributed by atoms with van der Waals surface area (Å²) in [5.41, 5.74) is 6.13. The number of anilines is 2. The Morgan fingerprint density at radius 2 is 2.33 bits per heavy atom. The molecule has 0 amide bonds. The van der Waals surface area contributed by atoms with Crippen molar-refractivity contribution >= 4 is 17.5 Å². The predicted octanol–water partition coefficient (Wildman–Crippen LogP) is 0.961. The standard InChI is InChI=1S/C10H13N3O2/c1-13(6-2-3-6)9-8(11)7(10(14)15)4-5-12-9/h4-6H,2-3,11H2,1H3,(H,14,15). The first-order valence-corrected chi connectivity index (χ1v) is 4.82. The molecule has 1 fully saturated rings. The van der Waals surface area contributed by atoms with E-state index in [2.05, 4.69) is 4.98 Å². The first-order chi connectivity index (χ1) is 7.11. The van der Waals surface area contributed by atoms with Gasteiger partial charge in [0.25, 0.3) is 0 Å². The summed E-state index contributed by atoms with van der Waals surface area (Å²) in [6.45, 7) is 0. The Labute approximate surface area is 87.5 Å². The number of rotatable bonds is 3. The van der Waals surface area contributed by atoms with Crippen molar-refractivity contribution in [2.45, 2.75) is 18.9 Å². The van der Waals surface area contributed by atoms with Crippen LogP contribution in [0.25, 0.3) is 0 Å². The van der Waals surface area contributed by atoms with Gasteiger partial charge in [-0.2, -0.15) is 0 Å². The third-order valence-electron chi connectivity index (χ3n) is 2.63. The number of nitrogens with two attached hydrogens (primary N) is 1. The number of aromatic carboxylic acids is 1. The van der Waals surface area contributed by atoms with Crippen molar-refractivity contribution in [2.24, 2.45) is 0 Å². The molecule has 0 unspecified atom stereocenters. The summed E-state index contributed by atoms with van der Waals surface area (Å²) in [6.07, 6.45) is 3.72. The number of aromatic nitrogens is 1. The highest BCUT2D eigenvalue weighted by atomic mass is 16.4. The van der Waals surface area contributed by atoms with E-state index in [1.807, 2.05) is 11.9 Å². The Kier molecular flexibility index (Phi) is 2.22. The van der Waals surface area contributed by atoms with E-state index in [9.17, 15) is 4.79 Å². The van der Waals surface area contributed by atoms with E-state index in [1.54, 1.807) is 0 Å². The zero-order valence-corrected chi connectivity index (χ0v) is 8.47. The zero-order valence-electron chi connectivity index (χ0n) is 8.47. The molecule has 1 aliphatic carbocycles. The average Bonchev–Trinajstić information content (AvgIpc) is 3.00. The summed E-state index contributed by atoms with van der Waals surface area (Å²) in [7, 11) is 1.89. The highest BCUT2D eigenvalue weighted by molar-refractivity contribution is 5.96. The first-order valence-electron chi connectivity index (χ1n) is 4.82. The minimum Gasteiger partial charge on any atom is -0.478 e. The molecule has 0 atom stereocenters. The molecule has 1 saturated carbocycles. The number of carboxylic acid groups (broad SMARTS) is 1. The minimum atomic E-state index is -1.01. The van der Waals surface area contributed by atoms with Crippen molar-refractivity contribution in [3.8, 4) is 0 Å². The van der Waals surface area contributed by atoms with E-state index in [4.69, 9.17) is 10.8 Å². The fraction of sp³-hybridized carbons (Fsp3) is 0.400. The number of hydrogen-bond donors (Lipinski definition) is 2. The highest BCUT2D eigenvalue weighted by Gasteiger charge is 2.29. The van der Waals surface area contributed by atoms with Gasteiger partial charge in [0.1, 0.15) is 0 Å². The Morgan fingerprint density at radius 1 is 1.67 bits per heavy atom. The van der Waals surface area contributed by atoms with Crippen LogP contribution in [0.15, 0.2) is 12.3 Å². The highest BCUT2D eigenvalue weighted by Crippen LogP contribution is 2.32. The van der Waals surface area contributed by atoms with Crippen LogP contribution in [0.4, 0.5) is 11.5 Å². The lowest BCUT2D eigenvalue weighted by molar-refractivity contribution is 0.0698. The molecule has 0 bridgehead atoms. The summed E-state index contributed by atoms with van der Waals surface area (Å²) in [5.74, 6) is -0.447. The van der Waals surface area contributed by atoms with Gasteiger partial charge >= 0.3 is 5.97 Å². The fourth-order valence-electron chi connectivity index (χ4n) is 1.56. The molecular weight excluding hydrogens is 194 g/mol. The number of hydrogen-bond acceptors (Lipinski definition) is 4. The van der Waals surface area contributed by atoms with Crippen molar-refractivity contribution in [3.05, 3.63) is 17.8 Å². The van der Waals surface area contributed by atoms with Crippen LogP contribution in [0.3, 0.4) is 0 Å². The van der Waals surface area contributed by atoms with E-state index in [1.165, 1.54) is 12.3 Å². The van der Waals surface area contributed by atoms with E-state index < -0.39 is 5.97 Å². The quantitative estimate of drug-likeness (QED) is 0.771. The predicted molar refractivity (Wildman–Crippen MR) is 57.0 cm³/mol. The van der Waals surface area contributed by atoms with Gasteiger partial charge in [-0.05, 0) is 18.9 Å². The maximum Gasteiger partial charge on any atom is 0.337 e. The lowest BCUT2D eigenvalue weighted by Gasteiger charge is -2.19. The lowest BCUT2D eigenvalue weighted by atomic mass is 10.2. The number of nitrogens with zero attached hydrogens (tertiary/aromatic N) is 2. The van der Waals surface area contributed by atoms with Crippen LogP contribution in [0, 0.1) is 0 Å². The third-order valence-corrected chi connectivity index (χ3v) is 2.63. The van der Waals surface area contributed by atoms with Crippen LogP contribution in [0.2, 0.25) is 0 Å². The summed E-state index contributed by atoms with van der Waals surface area (Å²) in [4.78, 5) is 16.9. The van der Waals surface area contributed by atoms with Gasteiger partial charge in [-0.3, -0.25) is 0 Å². The lowest BCUT2D eigenvalue weighted by Crippen LogP contribution is -2.23. The molecular formula is C10H13N3O2. The molecule has 1 aliphatic rings. The van der Waals surface area contributed by atoms with Crippen LogP contribution in [-0.2, 0) is 0 Å². The largest absolute Gasteiger partial charge is 0.478 e. The second-order valence-corrected chi connectivity index (χ2v) is 3.74. The number of carboxylic acids is 1. The number of nitrogen functional groups attached to an aromatic ring is 1. The smallest absolute Gasteiger partial charge is 0.337 e. The molecule has 0 aromatic carbocycles. The van der Waals surface area contributed by atoms with E-state index in [-0.39, 0.29) is 11.3 Å². The van der Waals surface area contributed by atoms with E-state index in [0.29, 0.717) is 11.9 Å². The molecule has 80 valence electrons. The first kappa shape index (κ1) is 9.76. The van der Waals surface area contributed by atoms with Crippen molar-refractivity contribution in [2.75, 3.05) is 17.7 Å². The summed E-state index contributed by atoms with van der Waals surface area (Å²) >= 11 is 0. The summed E-state index contributed by atoms with van der Waals surface area (Å²) < 4.78 is 0. The van der Waals surface area contributed by atoms with Crippen LogP contribution in [0.5, 0.6) is 0 Å². The maximum atomic E-state index is 10.9. The Morgan fingerprint density at radius 3 is 2.87 bits per heavy atom. The van der Waals surface area contributed by atoms with Crippen molar-refractivity contribution in [1.29, 1.82) is 0 Å². The van der Waals surface area contributed by atoms with Gasteiger partial charge in [-0.25, -0.2) is 9.78 Å². The topological polar surface area (TPSA) is 79.5 Å². The Hall–Kier alpha value is -1.78. The van der Waals surface area contributed by atoms with Gasteiger partial charge in [-0.15, -0.1) is 0 Å². The van der Waals surface area contributed by atoms with E-state index >= 15 is 0 Å². The molecule has 1 heterocycles. The molecule has 5 nitrogen and oxygen atoms in total. The van der Waals surface area contributed by atoms with Gasteiger partial charge in [0.15, 0.2) is 5.82 Å². The van der Waals surface area contributed by atoms with Crippen LogP contribution in [0.1, 0.15) is 23.2 Å². The van der Waals surface area contributed by atoms with Gasteiger partial charge < -0.3 is 15.7 Å². The summed E-state index contributed by atoms with van der Waals surface area (Å²) in [5, 5.41) is 8.90. The molecule has 0 spiro atoms. The number of carbonyl (C=O) groups is 1. The molecule has 3 N–H and O–H groups in total. The monoisotopic (exact) mass is 207 g/mol.